The van der Waals surface area contributed by atoms with Gasteiger partial charge in [0.05, 0.1) is 15.7 Å². The van der Waals surface area contributed by atoms with Gasteiger partial charge in [0.2, 0.25) is 0 Å². The molecule has 230 valence electrons. The van der Waals surface area contributed by atoms with E-state index in [0.29, 0.717) is 44.9 Å². The summed E-state index contributed by atoms with van der Waals surface area (Å²) in [5.41, 5.74) is -3.50. The molecule has 0 spiro atoms. The number of rotatable bonds is 6. The van der Waals surface area contributed by atoms with Crippen molar-refractivity contribution in [3.8, 4) is 0 Å². The van der Waals surface area contributed by atoms with Crippen molar-refractivity contribution < 1.29 is 35.9 Å². The predicted molar refractivity (Wildman–Crippen MR) is 154 cm³/mol. The van der Waals surface area contributed by atoms with Crippen LogP contribution in [-0.4, -0.2) is 41.3 Å². The molecule has 0 amide bonds. The zero-order chi connectivity index (χ0) is 32.7. The zero-order valence-electron chi connectivity index (χ0n) is 27.5. The fourth-order valence-electron chi connectivity index (χ4n) is 9.42. The van der Waals surface area contributed by atoms with Crippen LogP contribution in [-0.2, 0) is 9.84 Å². The molecule has 0 radical (unpaired) electrons. The highest BCUT2D eigenvalue weighted by molar-refractivity contribution is 7.92. The van der Waals surface area contributed by atoms with Gasteiger partial charge in [-0.3, -0.25) is 0 Å². The number of fused-ring (bicyclic) bond motifs is 5. The second-order valence-corrected chi connectivity index (χ2v) is 16.7. The first kappa shape index (κ1) is 27.2. The van der Waals surface area contributed by atoms with E-state index in [1.165, 1.54) is 29.8 Å². The van der Waals surface area contributed by atoms with Gasteiger partial charge in [0, 0.05) is 10.5 Å². The van der Waals surface area contributed by atoms with Crippen molar-refractivity contribution in [2.45, 2.75) is 120 Å². The van der Waals surface area contributed by atoms with E-state index in [4.69, 9.17) is 4.11 Å². The molecule has 10 atom stereocenters. The molecular formula is C33H47F3O4S. The summed E-state index contributed by atoms with van der Waals surface area (Å²) < 4.78 is 96.4. The molecule has 3 fully saturated rings. The zero-order valence-corrected chi connectivity index (χ0v) is 25.4. The molecule has 0 saturated heterocycles. The summed E-state index contributed by atoms with van der Waals surface area (Å²) in [6.07, 6.45) is 1.41. The summed E-state index contributed by atoms with van der Waals surface area (Å²) in [4.78, 5) is -0.244. The lowest BCUT2D eigenvalue weighted by molar-refractivity contribution is -0.255. The van der Waals surface area contributed by atoms with Crippen LogP contribution in [0.4, 0.5) is 13.2 Å². The van der Waals surface area contributed by atoms with Crippen LogP contribution in [0.3, 0.4) is 0 Å². The summed E-state index contributed by atoms with van der Waals surface area (Å²) in [7, 11) is -4.59. The third-order valence-corrected chi connectivity index (χ3v) is 14.2. The Balaban J connectivity index is 1.56. The number of benzene rings is 1. The van der Waals surface area contributed by atoms with E-state index in [1.54, 1.807) is 6.07 Å². The lowest BCUT2D eigenvalue weighted by atomic mass is 9.46. The third-order valence-electron chi connectivity index (χ3n) is 12.0. The maximum Gasteiger partial charge on any atom is 0.416 e. The van der Waals surface area contributed by atoms with Crippen LogP contribution in [0.1, 0.15) is 96.4 Å². The smallest absolute Gasteiger partial charge is 0.390 e. The summed E-state index contributed by atoms with van der Waals surface area (Å²) in [6, 6.07) is 7.06. The Morgan fingerprint density at radius 3 is 2.37 bits per heavy atom. The maximum absolute atomic E-state index is 14.2. The van der Waals surface area contributed by atoms with Crippen molar-refractivity contribution in [2.24, 2.45) is 40.4 Å². The Morgan fingerprint density at radius 2 is 1.73 bits per heavy atom. The van der Waals surface area contributed by atoms with Crippen molar-refractivity contribution in [3.63, 3.8) is 0 Å². The standard InChI is InChI=1S/C33H47F3O4S/c1-21(28(20-32(5,38)33(34,35)36)41(39,40)23-9-7-6-8-10-23)25-13-14-26-24-12-11-22-19-29(2,37)17-18-30(22,3)27(24)15-16-31(25,26)4/h6-11,21,24-28,37-38H,12-20H2,1-5H3/t21-,24-,25+,26-,27-,28?,29-,30-,31+,32-/m0/s1/i1D3. The minimum Gasteiger partial charge on any atom is -0.390 e. The van der Waals surface area contributed by atoms with E-state index in [1.807, 2.05) is 13.8 Å². The summed E-state index contributed by atoms with van der Waals surface area (Å²) in [5.74, 6) is -1.58. The lowest BCUT2D eigenvalue weighted by Gasteiger charge is -2.59. The van der Waals surface area contributed by atoms with Crippen LogP contribution in [0.5, 0.6) is 0 Å². The van der Waals surface area contributed by atoms with Crippen LogP contribution < -0.4 is 0 Å². The molecule has 5 rings (SSSR count). The van der Waals surface area contributed by atoms with Crippen molar-refractivity contribution in [1.29, 1.82) is 0 Å². The summed E-state index contributed by atoms with van der Waals surface area (Å²) >= 11 is 0. The average Bonchev–Trinajstić information content (AvgIpc) is 3.24. The third kappa shape index (κ3) is 5.12. The van der Waals surface area contributed by atoms with Gasteiger partial charge >= 0.3 is 6.18 Å². The van der Waals surface area contributed by atoms with Gasteiger partial charge in [0.15, 0.2) is 15.4 Å². The first-order valence-electron chi connectivity index (χ1n) is 16.5. The molecule has 4 aliphatic carbocycles. The fourth-order valence-corrected chi connectivity index (χ4v) is 11.4. The van der Waals surface area contributed by atoms with Gasteiger partial charge in [-0.1, -0.05) is 50.5 Å². The first-order valence-corrected chi connectivity index (χ1v) is 16.6. The highest BCUT2D eigenvalue weighted by Crippen LogP contribution is 2.68. The van der Waals surface area contributed by atoms with Gasteiger partial charge in [-0.25, -0.2) is 8.42 Å². The van der Waals surface area contributed by atoms with Crippen LogP contribution >= 0.6 is 0 Å². The van der Waals surface area contributed by atoms with E-state index < -0.39 is 63.0 Å². The largest absolute Gasteiger partial charge is 0.416 e. The highest BCUT2D eigenvalue weighted by Gasteiger charge is 2.62. The van der Waals surface area contributed by atoms with Crippen LogP contribution in [0.25, 0.3) is 0 Å². The van der Waals surface area contributed by atoms with Crippen LogP contribution in [0.15, 0.2) is 46.9 Å². The summed E-state index contributed by atoms with van der Waals surface area (Å²) in [5, 5.41) is 19.4. The van der Waals surface area contributed by atoms with Gasteiger partial charge in [0.1, 0.15) is 0 Å². The second-order valence-electron chi connectivity index (χ2n) is 14.6. The number of aliphatic hydroxyl groups is 2. The average molecular weight is 600 g/mol. The molecule has 2 N–H and O–H groups in total. The quantitative estimate of drug-likeness (QED) is 0.332. The minimum absolute atomic E-state index is 0.0708. The Hall–Kier alpha value is -1.38. The van der Waals surface area contributed by atoms with E-state index in [0.717, 1.165) is 19.3 Å². The number of hydrogen-bond donors (Lipinski definition) is 2. The fraction of sp³-hybridized carbons (Fsp3) is 0.758. The molecular weight excluding hydrogens is 549 g/mol. The van der Waals surface area contributed by atoms with E-state index >= 15 is 0 Å². The topological polar surface area (TPSA) is 74.6 Å². The Labute approximate surface area is 247 Å². The molecule has 0 bridgehead atoms. The second kappa shape index (κ2) is 10.1. The first-order chi connectivity index (χ1) is 20.0. The molecule has 1 unspecified atom stereocenters. The molecule has 1 aromatic carbocycles. The molecule has 3 saturated carbocycles. The number of halogens is 3. The number of sulfone groups is 1. The van der Waals surface area contributed by atoms with Crippen molar-refractivity contribution in [3.05, 3.63) is 42.0 Å². The normalized spacial score (nSPS) is 41.8. The minimum atomic E-state index is -5.15. The van der Waals surface area contributed by atoms with E-state index in [9.17, 15) is 31.8 Å². The Morgan fingerprint density at radius 1 is 1.05 bits per heavy atom. The molecule has 41 heavy (non-hydrogen) atoms. The van der Waals surface area contributed by atoms with Gasteiger partial charge in [-0.05, 0) is 118 Å². The maximum atomic E-state index is 14.2. The molecule has 4 nitrogen and oxygen atoms in total. The Bertz CT molecular complexity index is 1370. The predicted octanol–water partition coefficient (Wildman–Crippen LogP) is 7.50. The number of allylic oxidation sites excluding steroid dienone is 1. The lowest BCUT2D eigenvalue weighted by Crippen LogP contribution is -2.53. The molecule has 1 aromatic rings. The van der Waals surface area contributed by atoms with Gasteiger partial charge in [-0.15, -0.1) is 0 Å². The number of alkyl halides is 3. The van der Waals surface area contributed by atoms with E-state index in [-0.39, 0.29) is 22.1 Å². The van der Waals surface area contributed by atoms with Gasteiger partial charge in [0.25, 0.3) is 0 Å². The Kier molecular flexibility index (Phi) is 6.69. The molecule has 0 aromatic heterocycles. The molecule has 0 aliphatic heterocycles. The van der Waals surface area contributed by atoms with Crippen molar-refractivity contribution in [2.75, 3.05) is 0 Å². The van der Waals surface area contributed by atoms with Crippen LogP contribution in [0, 0.1) is 40.4 Å². The number of hydrogen-bond acceptors (Lipinski definition) is 4. The van der Waals surface area contributed by atoms with E-state index in [2.05, 4.69) is 13.0 Å². The summed E-state index contributed by atoms with van der Waals surface area (Å²) in [6.45, 7) is 3.85. The molecule has 8 heteroatoms. The monoisotopic (exact) mass is 599 g/mol. The highest BCUT2D eigenvalue weighted by atomic mass is 32.2. The van der Waals surface area contributed by atoms with Crippen LogP contribution in [0.2, 0.25) is 0 Å². The van der Waals surface area contributed by atoms with Crippen molar-refractivity contribution in [1.82, 2.24) is 0 Å². The van der Waals surface area contributed by atoms with Gasteiger partial charge < -0.3 is 10.2 Å². The SMILES string of the molecule is [2H]C([2H])([2H])[C@H](C(C[C@](C)(O)C(F)(F)F)S(=O)(=O)c1ccccc1)[C@H]1CC[C@H]2[C@@H]3CC=C4C[C@@](C)(O)CC[C@]4(C)[C@H]3CC[C@]12C. The molecule has 4 aliphatic rings. The van der Waals surface area contributed by atoms with Crippen molar-refractivity contribution >= 4 is 9.84 Å². The molecule has 0 heterocycles. The van der Waals surface area contributed by atoms with Gasteiger partial charge in [-0.2, -0.15) is 13.2 Å².